The topological polar surface area (TPSA) is 64.3 Å². The van der Waals surface area contributed by atoms with Gasteiger partial charge in [-0.3, -0.25) is 4.79 Å². The first kappa shape index (κ1) is 14.6. The van der Waals surface area contributed by atoms with Crippen molar-refractivity contribution in [3.63, 3.8) is 0 Å². The quantitative estimate of drug-likeness (QED) is 0.882. The van der Waals surface area contributed by atoms with Crippen molar-refractivity contribution in [2.75, 3.05) is 12.4 Å². The van der Waals surface area contributed by atoms with Crippen molar-refractivity contribution < 1.29 is 9.53 Å². The molecule has 0 spiro atoms. The van der Waals surface area contributed by atoms with Gasteiger partial charge in [-0.1, -0.05) is 18.0 Å². The molecule has 6 heteroatoms. The molecule has 19 heavy (non-hydrogen) atoms. The van der Waals surface area contributed by atoms with E-state index in [1.54, 1.807) is 19.2 Å². The first-order valence-corrected chi connectivity index (χ1v) is 7.29. The molecular weight excluding hydrogens is 332 g/mol. The summed E-state index contributed by atoms with van der Waals surface area (Å²) in [5.74, 6) is 0.351. The Morgan fingerprint density at radius 2 is 2.26 bits per heavy atom. The summed E-state index contributed by atoms with van der Waals surface area (Å²) < 4.78 is 5.97. The van der Waals surface area contributed by atoms with E-state index in [1.165, 1.54) is 0 Å². The Balaban J connectivity index is 2.20. The number of hydrogen-bond donors (Lipinski definition) is 2. The second kappa shape index (κ2) is 6.11. The van der Waals surface area contributed by atoms with E-state index in [4.69, 9.17) is 22.1 Å². The van der Waals surface area contributed by atoms with Crippen LogP contribution in [0.2, 0.25) is 5.02 Å². The maximum atomic E-state index is 12.2. The largest absolute Gasteiger partial charge is 0.493 e. The summed E-state index contributed by atoms with van der Waals surface area (Å²) >= 11 is 9.35. The van der Waals surface area contributed by atoms with Crippen LogP contribution < -0.4 is 15.8 Å². The van der Waals surface area contributed by atoms with E-state index in [-0.39, 0.29) is 17.9 Å². The number of nitrogens with two attached hydrogens (primary N) is 1. The van der Waals surface area contributed by atoms with Gasteiger partial charge in [-0.15, -0.1) is 0 Å². The number of halogens is 2. The molecule has 0 aromatic heterocycles. The molecule has 104 valence electrons. The van der Waals surface area contributed by atoms with E-state index in [1.807, 2.05) is 0 Å². The number of amides is 1. The van der Waals surface area contributed by atoms with E-state index in [2.05, 4.69) is 21.2 Å². The van der Waals surface area contributed by atoms with Crippen molar-refractivity contribution >= 4 is 39.1 Å². The van der Waals surface area contributed by atoms with E-state index in [9.17, 15) is 4.79 Å². The van der Waals surface area contributed by atoms with Gasteiger partial charge < -0.3 is 15.8 Å². The monoisotopic (exact) mass is 346 g/mol. The lowest BCUT2D eigenvalue weighted by Crippen LogP contribution is -2.34. The minimum Gasteiger partial charge on any atom is -0.493 e. The second-order valence-electron chi connectivity index (χ2n) is 4.66. The zero-order chi connectivity index (χ0) is 14.0. The number of carbonyl (C=O) groups is 1. The fourth-order valence-electron chi connectivity index (χ4n) is 2.40. The predicted octanol–water partition coefficient (Wildman–Crippen LogP) is 3.18. The Bertz CT molecular complexity index is 496. The summed E-state index contributed by atoms with van der Waals surface area (Å²) in [6.07, 6.45) is 2.72. The molecule has 1 fully saturated rings. The summed E-state index contributed by atoms with van der Waals surface area (Å²) in [6.45, 7) is 0. The van der Waals surface area contributed by atoms with Crippen LogP contribution in [0.4, 0.5) is 5.69 Å². The van der Waals surface area contributed by atoms with Crippen LogP contribution in [0.25, 0.3) is 0 Å². The van der Waals surface area contributed by atoms with Gasteiger partial charge in [0.2, 0.25) is 5.91 Å². The van der Waals surface area contributed by atoms with Gasteiger partial charge in [-0.25, -0.2) is 0 Å². The highest BCUT2D eigenvalue weighted by Crippen LogP contribution is 2.37. The number of methoxy groups -OCH3 is 1. The fourth-order valence-corrected chi connectivity index (χ4v) is 3.37. The minimum atomic E-state index is -0.137. The van der Waals surface area contributed by atoms with Crippen LogP contribution in [-0.2, 0) is 4.79 Å². The number of ether oxygens (including phenoxy) is 1. The number of nitrogens with one attached hydrogen (secondary N) is 1. The van der Waals surface area contributed by atoms with E-state index in [0.717, 1.165) is 19.3 Å². The van der Waals surface area contributed by atoms with Crippen molar-refractivity contribution in [3.05, 3.63) is 21.6 Å². The summed E-state index contributed by atoms with van der Waals surface area (Å²) in [7, 11) is 1.55. The first-order chi connectivity index (χ1) is 9.02. The Morgan fingerprint density at radius 1 is 1.53 bits per heavy atom. The van der Waals surface area contributed by atoms with Crippen LogP contribution in [0, 0.1) is 5.92 Å². The molecule has 1 aromatic carbocycles. The Kier molecular flexibility index (Phi) is 4.71. The summed E-state index contributed by atoms with van der Waals surface area (Å²) in [5, 5.41) is 3.38. The van der Waals surface area contributed by atoms with Crippen LogP contribution in [0.3, 0.4) is 0 Å². The fraction of sp³-hybridized carbons (Fsp3) is 0.462. The molecule has 2 unspecified atom stereocenters. The molecule has 1 saturated carbocycles. The van der Waals surface area contributed by atoms with Gasteiger partial charge >= 0.3 is 0 Å². The standard InChI is InChI=1S/C13H16BrClN2O2/c1-19-12-9(14)5-7(15)6-11(12)17-13(18)8-3-2-4-10(8)16/h5-6,8,10H,2-4,16H2,1H3,(H,17,18). The van der Waals surface area contributed by atoms with Gasteiger partial charge in [-0.2, -0.15) is 0 Å². The molecule has 1 amide bonds. The minimum absolute atomic E-state index is 0.0615. The number of anilines is 1. The highest BCUT2D eigenvalue weighted by molar-refractivity contribution is 9.10. The number of carbonyl (C=O) groups excluding carboxylic acids is 1. The lowest BCUT2D eigenvalue weighted by atomic mass is 10.0. The van der Waals surface area contributed by atoms with E-state index >= 15 is 0 Å². The Morgan fingerprint density at radius 3 is 2.84 bits per heavy atom. The van der Waals surface area contributed by atoms with Gasteiger partial charge in [0.1, 0.15) is 0 Å². The molecule has 0 aliphatic heterocycles. The second-order valence-corrected chi connectivity index (χ2v) is 5.95. The molecule has 0 bridgehead atoms. The molecule has 3 N–H and O–H groups in total. The Hall–Kier alpha value is -0.780. The third-order valence-corrected chi connectivity index (χ3v) is 4.18. The Labute approximate surface area is 125 Å². The van der Waals surface area contributed by atoms with E-state index in [0.29, 0.717) is 20.9 Å². The molecule has 2 atom stereocenters. The van der Waals surface area contributed by atoms with Gasteiger partial charge in [0.15, 0.2) is 5.75 Å². The molecule has 0 radical (unpaired) electrons. The number of hydrogen-bond acceptors (Lipinski definition) is 3. The molecule has 0 heterocycles. The predicted molar refractivity (Wildman–Crippen MR) is 79.7 cm³/mol. The first-order valence-electron chi connectivity index (χ1n) is 6.12. The SMILES string of the molecule is COc1c(Br)cc(Cl)cc1NC(=O)C1CCCC1N. The van der Waals surface area contributed by atoms with Crippen molar-refractivity contribution in [3.8, 4) is 5.75 Å². The van der Waals surface area contributed by atoms with Crippen LogP contribution in [0.1, 0.15) is 19.3 Å². The molecule has 1 aliphatic carbocycles. The normalized spacial score (nSPS) is 22.3. The van der Waals surface area contributed by atoms with Crippen molar-refractivity contribution in [1.29, 1.82) is 0 Å². The highest BCUT2D eigenvalue weighted by Gasteiger charge is 2.30. The van der Waals surface area contributed by atoms with Crippen LogP contribution in [0.5, 0.6) is 5.75 Å². The van der Waals surface area contributed by atoms with E-state index < -0.39 is 0 Å². The third-order valence-electron chi connectivity index (χ3n) is 3.38. The van der Waals surface area contributed by atoms with Crippen LogP contribution >= 0.6 is 27.5 Å². The average molecular weight is 348 g/mol. The van der Waals surface area contributed by atoms with Crippen molar-refractivity contribution in [1.82, 2.24) is 0 Å². The maximum Gasteiger partial charge on any atom is 0.229 e. The molecule has 0 saturated heterocycles. The van der Waals surface area contributed by atoms with Gasteiger partial charge in [0, 0.05) is 11.1 Å². The van der Waals surface area contributed by atoms with Gasteiger partial charge in [0.05, 0.1) is 23.2 Å². The third kappa shape index (κ3) is 3.22. The molecule has 1 aromatic rings. The summed E-state index contributed by atoms with van der Waals surface area (Å²) in [5.41, 5.74) is 6.50. The lowest BCUT2D eigenvalue weighted by molar-refractivity contribution is -0.120. The van der Waals surface area contributed by atoms with Gasteiger partial charge in [0.25, 0.3) is 0 Å². The zero-order valence-corrected chi connectivity index (χ0v) is 12.9. The molecular formula is C13H16BrClN2O2. The molecule has 1 aliphatic rings. The highest BCUT2D eigenvalue weighted by atomic mass is 79.9. The molecule has 4 nitrogen and oxygen atoms in total. The number of rotatable bonds is 3. The average Bonchev–Trinajstić information content (AvgIpc) is 2.75. The van der Waals surface area contributed by atoms with Crippen molar-refractivity contribution in [2.24, 2.45) is 11.7 Å². The summed E-state index contributed by atoms with van der Waals surface area (Å²) in [6, 6.07) is 3.33. The van der Waals surface area contributed by atoms with Crippen LogP contribution in [-0.4, -0.2) is 19.1 Å². The summed E-state index contributed by atoms with van der Waals surface area (Å²) in [4.78, 5) is 12.2. The smallest absolute Gasteiger partial charge is 0.229 e. The zero-order valence-electron chi connectivity index (χ0n) is 10.6. The van der Waals surface area contributed by atoms with Gasteiger partial charge in [-0.05, 0) is 40.9 Å². The number of benzene rings is 1. The van der Waals surface area contributed by atoms with Crippen molar-refractivity contribution in [2.45, 2.75) is 25.3 Å². The lowest BCUT2D eigenvalue weighted by Gasteiger charge is -2.17. The maximum absolute atomic E-state index is 12.2. The van der Waals surface area contributed by atoms with Crippen LogP contribution in [0.15, 0.2) is 16.6 Å². The molecule has 2 rings (SSSR count).